The zero-order valence-corrected chi connectivity index (χ0v) is 73.3. The van der Waals surface area contributed by atoms with Crippen LogP contribution in [0.5, 0.6) is 0 Å². The molecule has 6 aliphatic rings. The Bertz CT molecular complexity index is 2800. The molecule has 0 bridgehead atoms. The zero-order valence-electron chi connectivity index (χ0n) is 73.3. The summed E-state index contributed by atoms with van der Waals surface area (Å²) in [7, 11) is 10.3. The molecule has 0 radical (unpaired) electrons. The molecule has 0 aromatic heterocycles. The molecule has 666 valence electrons. The fourth-order valence-corrected chi connectivity index (χ4v) is 19.3. The van der Waals surface area contributed by atoms with Gasteiger partial charge in [-0.05, 0) is 162 Å². The van der Waals surface area contributed by atoms with Gasteiger partial charge in [-0.2, -0.15) is 0 Å². The van der Waals surface area contributed by atoms with Crippen LogP contribution in [0, 0.1) is 47.3 Å². The van der Waals surface area contributed by atoms with Gasteiger partial charge in [-0.3, -0.25) is 19.2 Å². The summed E-state index contributed by atoms with van der Waals surface area (Å²) in [5.41, 5.74) is -10.1. The number of aliphatic hydroxyl groups is 10. The summed E-state index contributed by atoms with van der Waals surface area (Å²) >= 11 is 0. The van der Waals surface area contributed by atoms with Crippen LogP contribution in [-0.2, 0) is 76.0 Å². The fraction of sp³-hybridized carbons (Fsp3) is 0.951. The number of likely N-dealkylation sites (N-methyl/N-ethyl adjacent to an activating group) is 2. The molecule has 6 rings (SSSR count). The highest BCUT2D eigenvalue weighted by Crippen LogP contribution is 2.45. The topological polar surface area (TPSA) is 436 Å². The first-order valence-electron chi connectivity index (χ1n) is 41.9. The lowest BCUT2D eigenvalue weighted by Gasteiger charge is -2.49. The maximum absolute atomic E-state index is 14.8. The minimum atomic E-state index is -2.05. The number of carbonyl (C=O) groups excluding carboxylic acids is 4. The number of cyclic esters (lactones) is 2. The molecule has 2 amide bonds. The summed E-state index contributed by atoms with van der Waals surface area (Å²) in [6, 6.07) is -2.27. The van der Waals surface area contributed by atoms with Gasteiger partial charge in [-0.25, -0.2) is 0 Å². The molecule has 6 saturated heterocycles. The quantitative estimate of drug-likeness (QED) is 0.0461. The SMILES string of the molecule is CC[C@H]1OC(=O)[C@H](C)[C@@H](OC2CC(C)(OC)C(O)C(C)O2)[C@H](C)[C@@H](OC2OC(C)CC(N(C)C)C2O)[C@](C)(O)C[C@@H](C)[C@H](NCCNC(=O)CCC(=O)NCCN[C@@H]2[C@H](C)[C@@H](O)[C@](C)(O)[C@@H](CC)OC(=O)[C@H](C)[C@@H](OC3CC(C)(OC)C(O)C(C)O3)[C@H](C)[C@@H](OC3OC(C)CC(N(C)C)C3O)[C@](C)(O)C[C@H]2C)[C@H](C)[C@@H](O)[C@]1(C)O. The van der Waals surface area contributed by atoms with Crippen LogP contribution >= 0.6 is 0 Å². The fourth-order valence-electron chi connectivity index (χ4n) is 19.3. The van der Waals surface area contributed by atoms with E-state index >= 15 is 0 Å². The van der Waals surface area contributed by atoms with Crippen molar-refractivity contribution in [2.45, 2.75) is 383 Å². The molecule has 6 aliphatic heterocycles. The van der Waals surface area contributed by atoms with Crippen molar-refractivity contribution in [3.05, 3.63) is 0 Å². The number of rotatable bonds is 25. The standard InChI is InChI=1S/C82H152N6O26/c1-27-55-81(19,101)67(93)45(7)61(41(3)37-77(15,99)71(113-75-63(91)53(87(21)22)35-43(5)105-75)47(9)65(49(11)73(97)109-55)111-59-39-79(17,103-25)69(95)51(13)107-59)85-33-31-83-57(89)29-30-58(90)84-32-34-86-62-42(4)38-78(16,100)72(114-76-64(92)54(88(23)24)36-44(6)106-76)48(10)66(112-60-40-80(18,104-26)70(96)52(14)108-60)50(12)74(98)110-56(28-2)82(20,102)68(94)46(62)8/h41-56,59-72,75-76,85-86,91-96,99-102H,27-40H2,1-26H3,(H,83,89)(H,84,90)/t41-,42-,43?,44?,45+,46+,47+,48+,49-,50-,51?,52?,53?,54?,55-,56-,59?,60?,61+,62+,63?,64?,65+,66+,67-,68-,69?,70?,71-,72-,75?,76?,77-,78-,79?,80?,81-,82-/m1/s1. The van der Waals surface area contributed by atoms with Crippen molar-refractivity contribution in [3.63, 3.8) is 0 Å². The van der Waals surface area contributed by atoms with Gasteiger partial charge in [-0.1, -0.05) is 55.4 Å². The predicted molar refractivity (Wildman–Crippen MR) is 421 cm³/mol. The molecular formula is C82H152N6O26. The Morgan fingerprint density at radius 3 is 1.09 bits per heavy atom. The number of nitrogens with zero attached hydrogens (tertiary/aromatic N) is 2. The molecule has 0 aliphatic carbocycles. The first kappa shape index (κ1) is 99.7. The minimum absolute atomic E-state index is 0.0344. The van der Waals surface area contributed by atoms with E-state index in [-0.39, 0.29) is 89.8 Å². The number of aliphatic hydroxyl groups excluding tert-OH is 6. The number of methoxy groups -OCH3 is 2. The monoisotopic (exact) mass is 1640 g/mol. The van der Waals surface area contributed by atoms with E-state index in [0.29, 0.717) is 12.8 Å². The van der Waals surface area contributed by atoms with Crippen LogP contribution in [0.25, 0.3) is 0 Å². The van der Waals surface area contributed by atoms with E-state index < -0.39 is 239 Å². The average Bonchev–Trinajstić information content (AvgIpc) is 0.775. The van der Waals surface area contributed by atoms with Gasteiger partial charge in [0.1, 0.15) is 47.8 Å². The molecule has 0 aromatic carbocycles. The molecule has 32 nitrogen and oxygen atoms in total. The third-order valence-corrected chi connectivity index (χ3v) is 26.4. The van der Waals surface area contributed by atoms with Crippen molar-refractivity contribution in [3.8, 4) is 0 Å². The summed E-state index contributed by atoms with van der Waals surface area (Å²) in [4.78, 5) is 60.6. The Hall–Kier alpha value is -3.08. The van der Waals surface area contributed by atoms with E-state index in [1.165, 1.54) is 28.1 Å². The maximum Gasteiger partial charge on any atom is 0.311 e. The second-order valence-corrected chi connectivity index (χ2v) is 36.6. The van der Waals surface area contributed by atoms with Crippen LogP contribution in [0.3, 0.4) is 0 Å². The lowest BCUT2D eigenvalue weighted by Crippen LogP contribution is -2.62. The number of esters is 2. The zero-order chi connectivity index (χ0) is 86.2. The molecule has 114 heavy (non-hydrogen) atoms. The summed E-state index contributed by atoms with van der Waals surface area (Å²) in [6.45, 7) is 34.2. The molecule has 14 N–H and O–H groups in total. The number of hydrogen-bond donors (Lipinski definition) is 14. The number of nitrogens with one attached hydrogen (secondary N) is 4. The molecule has 38 atom stereocenters. The molecule has 16 unspecified atom stereocenters. The van der Waals surface area contributed by atoms with Gasteiger partial charge in [0, 0.05) is 114 Å². The minimum Gasteiger partial charge on any atom is -0.459 e. The van der Waals surface area contributed by atoms with Crippen LogP contribution in [-0.4, -0.2) is 334 Å². The van der Waals surface area contributed by atoms with Crippen LogP contribution in [0.1, 0.15) is 203 Å². The van der Waals surface area contributed by atoms with Gasteiger partial charge in [-0.15, -0.1) is 0 Å². The van der Waals surface area contributed by atoms with Gasteiger partial charge in [0.15, 0.2) is 25.2 Å². The number of carbonyl (C=O) groups is 4. The van der Waals surface area contributed by atoms with E-state index in [2.05, 4.69) is 21.3 Å². The van der Waals surface area contributed by atoms with Crippen molar-refractivity contribution in [2.24, 2.45) is 47.3 Å². The Kier molecular flexibility index (Phi) is 36.4. The van der Waals surface area contributed by atoms with Gasteiger partial charge in [0.05, 0.1) is 95.3 Å². The molecule has 32 heteroatoms. The van der Waals surface area contributed by atoms with Crippen LogP contribution in [0.15, 0.2) is 0 Å². The van der Waals surface area contributed by atoms with E-state index in [0.717, 1.165) is 0 Å². The van der Waals surface area contributed by atoms with Crippen molar-refractivity contribution in [1.29, 1.82) is 0 Å². The first-order chi connectivity index (χ1) is 52.8. The Morgan fingerprint density at radius 2 is 0.789 bits per heavy atom. The molecule has 6 fully saturated rings. The lowest BCUT2D eigenvalue weighted by atomic mass is 9.72. The molecule has 6 heterocycles. The van der Waals surface area contributed by atoms with Crippen molar-refractivity contribution in [1.82, 2.24) is 31.1 Å². The second-order valence-electron chi connectivity index (χ2n) is 36.6. The van der Waals surface area contributed by atoms with Crippen molar-refractivity contribution < 1.29 is 127 Å². The van der Waals surface area contributed by atoms with E-state index in [4.69, 9.17) is 56.8 Å². The molecule has 0 saturated carbocycles. The third kappa shape index (κ3) is 24.0. The highest BCUT2D eigenvalue weighted by atomic mass is 16.7. The van der Waals surface area contributed by atoms with Crippen molar-refractivity contribution >= 4 is 23.8 Å². The summed E-state index contributed by atoms with van der Waals surface area (Å²) in [5.74, 6) is -9.42. The van der Waals surface area contributed by atoms with Gasteiger partial charge in [0.25, 0.3) is 0 Å². The lowest BCUT2D eigenvalue weighted by molar-refractivity contribution is -0.318. The summed E-state index contributed by atoms with van der Waals surface area (Å²) in [5, 5.41) is 135. The predicted octanol–water partition coefficient (Wildman–Crippen LogP) is 2.38. The highest BCUT2D eigenvalue weighted by molar-refractivity contribution is 5.83. The second kappa shape index (κ2) is 41.7. The van der Waals surface area contributed by atoms with Gasteiger partial charge < -0.3 is 139 Å². The van der Waals surface area contributed by atoms with Gasteiger partial charge >= 0.3 is 11.9 Å². The van der Waals surface area contributed by atoms with Crippen molar-refractivity contribution in [2.75, 3.05) is 68.6 Å². The van der Waals surface area contributed by atoms with Gasteiger partial charge in [0.2, 0.25) is 11.8 Å². The normalized spacial score (nSPS) is 47.1. The van der Waals surface area contributed by atoms with E-state index in [1.807, 2.05) is 65.7 Å². The van der Waals surface area contributed by atoms with E-state index in [1.54, 1.807) is 96.9 Å². The molecular weight excluding hydrogens is 1480 g/mol. The Balaban J connectivity index is 1.20. The number of amides is 2. The van der Waals surface area contributed by atoms with Crippen LogP contribution in [0.2, 0.25) is 0 Å². The number of hydrogen-bond acceptors (Lipinski definition) is 30. The Labute approximate surface area is 678 Å². The van der Waals surface area contributed by atoms with Crippen LogP contribution < -0.4 is 21.3 Å². The third-order valence-electron chi connectivity index (χ3n) is 26.4. The average molecular weight is 1640 g/mol. The first-order valence-corrected chi connectivity index (χ1v) is 41.9. The highest BCUT2D eigenvalue weighted by Gasteiger charge is 2.58. The smallest absolute Gasteiger partial charge is 0.311 e. The summed E-state index contributed by atoms with van der Waals surface area (Å²) < 4.78 is 76.7. The van der Waals surface area contributed by atoms with E-state index in [9.17, 15) is 70.2 Å². The molecule has 0 spiro atoms. The summed E-state index contributed by atoms with van der Waals surface area (Å²) in [6.07, 6.45) is -21.3. The maximum atomic E-state index is 14.8. The molecule has 0 aromatic rings. The van der Waals surface area contributed by atoms with Crippen LogP contribution in [0.4, 0.5) is 0 Å². The largest absolute Gasteiger partial charge is 0.459 e. The Morgan fingerprint density at radius 1 is 0.465 bits per heavy atom. The number of ether oxygens (including phenoxy) is 12.